The van der Waals surface area contributed by atoms with E-state index in [1.807, 2.05) is 45.9 Å². The number of aromatic nitrogens is 2. The molecule has 7 nitrogen and oxygen atoms in total. The quantitative estimate of drug-likeness (QED) is 0.695. The molecule has 1 aromatic carbocycles. The minimum Gasteiger partial charge on any atom is -0.346 e. The van der Waals surface area contributed by atoms with Gasteiger partial charge in [0.2, 0.25) is 11.8 Å². The first-order valence-corrected chi connectivity index (χ1v) is 9.91. The number of nitrogens with zero attached hydrogens (tertiary/aromatic N) is 2. The molecule has 29 heavy (non-hydrogen) atoms. The maximum atomic E-state index is 12.5. The van der Waals surface area contributed by atoms with Crippen LogP contribution >= 0.6 is 0 Å². The second-order valence-corrected chi connectivity index (χ2v) is 8.90. The Hall–Kier alpha value is -2.67. The summed E-state index contributed by atoms with van der Waals surface area (Å²) in [7, 11) is 0. The Morgan fingerprint density at radius 2 is 1.83 bits per heavy atom. The average molecular weight is 400 g/mol. The number of amides is 2. The van der Waals surface area contributed by atoms with Crippen LogP contribution in [-0.4, -0.2) is 34.2 Å². The van der Waals surface area contributed by atoms with Crippen LogP contribution in [0.5, 0.6) is 0 Å². The van der Waals surface area contributed by atoms with Gasteiger partial charge in [0.15, 0.2) is 0 Å². The Kier molecular flexibility index (Phi) is 6.85. The third-order valence-electron chi connectivity index (χ3n) is 4.77. The Morgan fingerprint density at radius 1 is 1.17 bits per heavy atom. The monoisotopic (exact) mass is 399 g/mol. The van der Waals surface area contributed by atoms with Gasteiger partial charge in [0, 0.05) is 11.5 Å². The van der Waals surface area contributed by atoms with E-state index < -0.39 is 6.04 Å². The Balaban J connectivity index is 2.26. The van der Waals surface area contributed by atoms with Crippen LogP contribution in [0.4, 0.5) is 5.82 Å². The predicted molar refractivity (Wildman–Crippen MR) is 116 cm³/mol. The van der Waals surface area contributed by atoms with E-state index in [9.17, 15) is 9.59 Å². The largest absolute Gasteiger partial charge is 0.346 e. The summed E-state index contributed by atoms with van der Waals surface area (Å²) in [6.07, 6.45) is 0. The molecule has 1 atom stereocenters. The van der Waals surface area contributed by atoms with Gasteiger partial charge >= 0.3 is 0 Å². The zero-order valence-corrected chi connectivity index (χ0v) is 18.5. The van der Waals surface area contributed by atoms with Gasteiger partial charge in [-0.15, -0.1) is 0 Å². The lowest BCUT2D eigenvalue weighted by Gasteiger charge is -2.15. The highest BCUT2D eigenvalue weighted by Gasteiger charge is 2.23. The van der Waals surface area contributed by atoms with Gasteiger partial charge in [-0.05, 0) is 31.4 Å². The number of nitrogens with two attached hydrogens (primary N) is 1. The highest BCUT2D eigenvalue weighted by atomic mass is 16.2. The van der Waals surface area contributed by atoms with Crippen molar-refractivity contribution >= 4 is 17.6 Å². The van der Waals surface area contributed by atoms with Gasteiger partial charge in [0.25, 0.3) is 0 Å². The second-order valence-electron chi connectivity index (χ2n) is 8.90. The molecule has 2 rings (SSSR count). The fourth-order valence-electron chi connectivity index (χ4n) is 2.84. The normalized spacial score (nSPS) is 12.7. The van der Waals surface area contributed by atoms with Crippen LogP contribution in [0.1, 0.15) is 51.4 Å². The van der Waals surface area contributed by atoms with Crippen molar-refractivity contribution in [3.63, 3.8) is 0 Å². The van der Waals surface area contributed by atoms with Crippen LogP contribution < -0.4 is 16.4 Å². The van der Waals surface area contributed by atoms with Crippen LogP contribution in [-0.2, 0) is 15.0 Å². The summed E-state index contributed by atoms with van der Waals surface area (Å²) in [6, 6.07) is 7.31. The molecule has 0 radical (unpaired) electrons. The van der Waals surface area contributed by atoms with Crippen molar-refractivity contribution < 1.29 is 9.59 Å². The fourth-order valence-corrected chi connectivity index (χ4v) is 2.84. The molecule has 0 aliphatic carbocycles. The van der Waals surface area contributed by atoms with Crippen molar-refractivity contribution in [1.29, 1.82) is 0 Å². The molecule has 4 N–H and O–H groups in total. The van der Waals surface area contributed by atoms with E-state index in [-0.39, 0.29) is 29.7 Å². The number of benzene rings is 1. The molecule has 2 aromatic rings. The lowest BCUT2D eigenvalue weighted by atomic mass is 9.92. The van der Waals surface area contributed by atoms with Gasteiger partial charge in [-0.3, -0.25) is 9.59 Å². The molecule has 1 aromatic heterocycles. The van der Waals surface area contributed by atoms with Crippen LogP contribution in [0.2, 0.25) is 0 Å². The van der Waals surface area contributed by atoms with Gasteiger partial charge < -0.3 is 16.4 Å². The molecule has 0 bridgehead atoms. The lowest BCUT2D eigenvalue weighted by molar-refractivity contribution is -0.125. The van der Waals surface area contributed by atoms with Crippen molar-refractivity contribution in [1.82, 2.24) is 15.1 Å². The fraction of sp³-hybridized carbons (Fsp3) is 0.500. The van der Waals surface area contributed by atoms with Crippen LogP contribution in [0, 0.1) is 19.8 Å². The topological polar surface area (TPSA) is 102 Å². The molecular weight excluding hydrogens is 366 g/mol. The third-order valence-corrected chi connectivity index (χ3v) is 4.77. The van der Waals surface area contributed by atoms with E-state index in [4.69, 9.17) is 10.8 Å². The van der Waals surface area contributed by atoms with E-state index in [1.165, 1.54) is 0 Å². The zero-order chi connectivity index (χ0) is 21.9. The molecule has 0 saturated carbocycles. The van der Waals surface area contributed by atoms with E-state index in [2.05, 4.69) is 37.5 Å². The van der Waals surface area contributed by atoms with Gasteiger partial charge in [-0.2, -0.15) is 5.10 Å². The molecule has 7 heteroatoms. The van der Waals surface area contributed by atoms with Crippen molar-refractivity contribution in [3.8, 4) is 5.69 Å². The average Bonchev–Trinajstić information content (AvgIpc) is 3.02. The summed E-state index contributed by atoms with van der Waals surface area (Å²) >= 11 is 0. The van der Waals surface area contributed by atoms with Gasteiger partial charge in [0.05, 0.1) is 24.0 Å². The SMILES string of the molecule is Cc1ccc(-n2nc(C(C)(C)C)cc2NC(=O)CNC(=O)[C@@H](N)C(C)C)c(C)c1. The summed E-state index contributed by atoms with van der Waals surface area (Å²) in [4.78, 5) is 24.5. The molecule has 0 saturated heterocycles. The van der Waals surface area contributed by atoms with E-state index in [0.29, 0.717) is 5.82 Å². The van der Waals surface area contributed by atoms with Crippen molar-refractivity contribution in [2.45, 2.75) is 59.9 Å². The molecule has 0 aliphatic rings. The number of anilines is 1. The number of rotatable bonds is 6. The minimum atomic E-state index is -0.643. The highest BCUT2D eigenvalue weighted by molar-refractivity contribution is 5.95. The smallest absolute Gasteiger partial charge is 0.244 e. The Morgan fingerprint density at radius 3 is 2.38 bits per heavy atom. The summed E-state index contributed by atoms with van der Waals surface area (Å²) in [6.45, 7) is 13.8. The van der Waals surface area contributed by atoms with Crippen LogP contribution in [0.15, 0.2) is 24.3 Å². The maximum Gasteiger partial charge on any atom is 0.244 e. The van der Waals surface area contributed by atoms with E-state index >= 15 is 0 Å². The van der Waals surface area contributed by atoms with Crippen LogP contribution in [0.3, 0.4) is 0 Å². The standard InChI is InChI=1S/C22H33N5O2/c1-13(2)20(23)21(29)24-12-19(28)25-18-11-17(22(5,6)7)26-27(18)16-9-8-14(3)10-15(16)4/h8-11,13,20H,12,23H2,1-7H3,(H,24,29)(H,25,28)/t20-/m0/s1. The van der Waals surface area contributed by atoms with Gasteiger partial charge in [-0.1, -0.05) is 52.3 Å². The molecule has 1 heterocycles. The Bertz CT molecular complexity index is 893. The molecule has 158 valence electrons. The van der Waals surface area contributed by atoms with Gasteiger partial charge in [0.1, 0.15) is 5.82 Å². The van der Waals surface area contributed by atoms with Gasteiger partial charge in [-0.25, -0.2) is 4.68 Å². The number of hydrogen-bond donors (Lipinski definition) is 3. The first-order valence-electron chi connectivity index (χ1n) is 9.91. The van der Waals surface area contributed by atoms with Crippen molar-refractivity contribution in [2.24, 2.45) is 11.7 Å². The minimum absolute atomic E-state index is 0.00153. The summed E-state index contributed by atoms with van der Waals surface area (Å²) in [5, 5.41) is 10.2. The van der Waals surface area contributed by atoms with Crippen molar-refractivity contribution in [2.75, 3.05) is 11.9 Å². The molecule has 0 fully saturated rings. The lowest BCUT2D eigenvalue weighted by Crippen LogP contribution is -2.46. The number of carbonyl (C=O) groups excluding carboxylic acids is 2. The summed E-state index contributed by atoms with van der Waals surface area (Å²) in [5.41, 5.74) is 9.61. The van der Waals surface area contributed by atoms with Crippen molar-refractivity contribution in [3.05, 3.63) is 41.1 Å². The molecule has 0 unspecified atom stereocenters. The number of carbonyl (C=O) groups is 2. The first-order chi connectivity index (χ1) is 13.4. The van der Waals surface area contributed by atoms with E-state index in [0.717, 1.165) is 22.5 Å². The summed E-state index contributed by atoms with van der Waals surface area (Å²) in [5.74, 6) is -0.110. The first kappa shape index (κ1) is 22.6. The zero-order valence-electron chi connectivity index (χ0n) is 18.5. The highest BCUT2D eigenvalue weighted by Crippen LogP contribution is 2.27. The van der Waals surface area contributed by atoms with E-state index in [1.54, 1.807) is 4.68 Å². The number of hydrogen-bond acceptors (Lipinski definition) is 4. The molecule has 0 aliphatic heterocycles. The summed E-state index contributed by atoms with van der Waals surface area (Å²) < 4.78 is 1.74. The molecule has 2 amide bonds. The van der Waals surface area contributed by atoms with Crippen LogP contribution in [0.25, 0.3) is 5.69 Å². The second kappa shape index (κ2) is 8.78. The molecular formula is C22H33N5O2. The predicted octanol–water partition coefficient (Wildman–Crippen LogP) is 2.82. The number of aryl methyl sites for hydroxylation is 2. The Labute approximate surface area is 173 Å². The maximum absolute atomic E-state index is 12.5. The molecule has 0 spiro atoms. The third kappa shape index (κ3) is 5.67. The number of nitrogens with one attached hydrogen (secondary N) is 2.